The van der Waals surface area contributed by atoms with E-state index >= 15 is 0 Å². The molecule has 1 aliphatic heterocycles. The number of Topliss-reactive ketones (excluding diaryl/α,β-unsaturated/α-hetero) is 1. The van der Waals surface area contributed by atoms with Crippen LogP contribution in [0.1, 0.15) is 27.7 Å². The Morgan fingerprint density at radius 3 is 2.45 bits per heavy atom. The lowest BCUT2D eigenvalue weighted by Crippen LogP contribution is -2.33. The van der Waals surface area contributed by atoms with Crippen LogP contribution in [0.15, 0.2) is 76.6 Å². The molecule has 1 aliphatic rings. The minimum Gasteiger partial charge on any atom is -0.503 e. The minimum absolute atomic E-state index is 0.0235. The lowest BCUT2D eigenvalue weighted by atomic mass is 9.95. The highest BCUT2D eigenvalue weighted by atomic mass is 35.5. The van der Waals surface area contributed by atoms with Gasteiger partial charge in [-0.15, -0.1) is 0 Å². The van der Waals surface area contributed by atoms with Crippen molar-refractivity contribution < 1.29 is 28.6 Å². The van der Waals surface area contributed by atoms with E-state index in [1.165, 1.54) is 17.2 Å². The molecule has 0 aliphatic carbocycles. The largest absolute Gasteiger partial charge is 0.503 e. The monoisotopic (exact) mass is 467 g/mol. The molecule has 1 amide bonds. The van der Waals surface area contributed by atoms with Gasteiger partial charge >= 0.3 is 0 Å². The Kier molecular flexibility index (Phi) is 6.42. The number of hydrogen-bond acceptors (Lipinski definition) is 6. The van der Waals surface area contributed by atoms with Crippen molar-refractivity contribution in [2.24, 2.45) is 0 Å². The van der Waals surface area contributed by atoms with E-state index in [0.717, 1.165) is 5.56 Å². The van der Waals surface area contributed by atoms with Crippen LogP contribution in [0.4, 0.5) is 0 Å². The standard InChI is InChI=1S/C25H22ClNO6/c1-31-18-10-5-15(14-20(18)32-2)11-12-27-22(16-6-8-17(26)9-7-16)21(24(29)25(27)30)23(28)19-4-3-13-33-19/h3-10,13-14,22,29H,11-12H2,1-2H3. The summed E-state index contributed by atoms with van der Waals surface area (Å²) >= 11 is 6.04. The van der Waals surface area contributed by atoms with Crippen LogP contribution in [0.3, 0.4) is 0 Å². The highest BCUT2D eigenvalue weighted by Crippen LogP contribution is 2.39. The predicted octanol–water partition coefficient (Wildman–Crippen LogP) is 4.77. The van der Waals surface area contributed by atoms with Crippen LogP contribution >= 0.6 is 11.6 Å². The molecule has 0 saturated heterocycles. The van der Waals surface area contributed by atoms with Gasteiger partial charge in [0.05, 0.1) is 32.1 Å². The van der Waals surface area contributed by atoms with Crippen molar-refractivity contribution in [1.29, 1.82) is 0 Å². The first-order valence-electron chi connectivity index (χ1n) is 10.2. The van der Waals surface area contributed by atoms with Gasteiger partial charge in [-0.2, -0.15) is 0 Å². The molecule has 0 radical (unpaired) electrons. The van der Waals surface area contributed by atoms with E-state index in [-0.39, 0.29) is 17.9 Å². The molecule has 3 aromatic rings. The quantitative estimate of drug-likeness (QED) is 0.480. The summed E-state index contributed by atoms with van der Waals surface area (Å²) in [5.74, 6) is -0.520. The third-order valence-electron chi connectivity index (χ3n) is 5.57. The molecule has 8 heteroatoms. The number of carbonyl (C=O) groups is 2. The van der Waals surface area contributed by atoms with E-state index in [2.05, 4.69) is 0 Å². The van der Waals surface area contributed by atoms with Gasteiger partial charge in [0.15, 0.2) is 23.0 Å². The zero-order valence-corrected chi connectivity index (χ0v) is 18.8. The van der Waals surface area contributed by atoms with Gasteiger partial charge in [0.2, 0.25) is 5.78 Å². The predicted molar refractivity (Wildman–Crippen MR) is 122 cm³/mol. The molecule has 1 unspecified atom stereocenters. The average Bonchev–Trinajstić information content (AvgIpc) is 3.45. The normalized spacial score (nSPS) is 15.8. The summed E-state index contributed by atoms with van der Waals surface area (Å²) in [4.78, 5) is 27.7. The Balaban J connectivity index is 1.67. The number of benzene rings is 2. The van der Waals surface area contributed by atoms with Gasteiger partial charge in [0.1, 0.15) is 0 Å². The average molecular weight is 468 g/mol. The fourth-order valence-electron chi connectivity index (χ4n) is 3.93. The minimum atomic E-state index is -0.785. The second kappa shape index (κ2) is 9.42. The van der Waals surface area contributed by atoms with E-state index in [1.807, 2.05) is 12.1 Å². The summed E-state index contributed by atoms with van der Waals surface area (Å²) in [5.41, 5.74) is 1.53. The van der Waals surface area contributed by atoms with Crippen molar-refractivity contribution in [3.8, 4) is 11.5 Å². The van der Waals surface area contributed by atoms with Gasteiger partial charge in [-0.25, -0.2) is 0 Å². The molecule has 0 spiro atoms. The highest BCUT2D eigenvalue weighted by Gasteiger charge is 2.44. The second-order valence-corrected chi connectivity index (χ2v) is 7.90. The number of ketones is 1. The SMILES string of the molecule is COc1ccc(CCN2C(=O)C(O)=C(C(=O)c3ccco3)C2c2ccc(Cl)cc2)cc1OC. The maximum atomic E-state index is 13.1. The first kappa shape index (κ1) is 22.5. The van der Waals surface area contributed by atoms with Crippen molar-refractivity contribution >= 4 is 23.3 Å². The summed E-state index contributed by atoms with van der Waals surface area (Å²) in [5, 5.41) is 11.2. The molecule has 0 saturated carbocycles. The Bertz CT molecular complexity index is 1200. The number of nitrogens with zero attached hydrogens (tertiary/aromatic N) is 1. The zero-order chi connectivity index (χ0) is 23.5. The number of aliphatic hydroxyl groups excluding tert-OH is 1. The first-order valence-corrected chi connectivity index (χ1v) is 10.6. The van der Waals surface area contributed by atoms with Crippen LogP contribution in [-0.2, 0) is 11.2 Å². The van der Waals surface area contributed by atoms with Gasteiger partial charge < -0.3 is 23.9 Å². The van der Waals surface area contributed by atoms with E-state index in [1.54, 1.807) is 50.6 Å². The number of ether oxygens (including phenoxy) is 2. The van der Waals surface area contributed by atoms with E-state index in [9.17, 15) is 14.7 Å². The van der Waals surface area contributed by atoms with Crippen molar-refractivity contribution in [1.82, 2.24) is 4.90 Å². The van der Waals surface area contributed by atoms with Crippen molar-refractivity contribution in [3.05, 3.63) is 94.1 Å². The molecule has 4 rings (SSSR count). The Labute approximate surface area is 195 Å². The molecule has 170 valence electrons. The number of rotatable bonds is 8. The number of amides is 1. The Hall–Kier alpha value is -3.71. The smallest absolute Gasteiger partial charge is 0.290 e. The summed E-state index contributed by atoms with van der Waals surface area (Å²) in [6.07, 6.45) is 1.83. The molecule has 0 fully saturated rings. The summed E-state index contributed by atoms with van der Waals surface area (Å²) in [6, 6.07) is 14.6. The molecular formula is C25H22ClNO6. The number of aliphatic hydroxyl groups is 1. The molecule has 2 aromatic carbocycles. The Morgan fingerprint density at radius 1 is 1.09 bits per heavy atom. The van der Waals surface area contributed by atoms with Crippen LogP contribution < -0.4 is 9.47 Å². The third-order valence-corrected chi connectivity index (χ3v) is 5.82. The number of hydrogen-bond donors (Lipinski definition) is 1. The van der Waals surface area contributed by atoms with Crippen molar-refractivity contribution in [2.45, 2.75) is 12.5 Å². The summed E-state index contributed by atoms with van der Waals surface area (Å²) < 4.78 is 15.9. The summed E-state index contributed by atoms with van der Waals surface area (Å²) in [7, 11) is 3.11. The topological polar surface area (TPSA) is 89.2 Å². The molecule has 2 heterocycles. The maximum Gasteiger partial charge on any atom is 0.290 e. The van der Waals surface area contributed by atoms with Crippen molar-refractivity contribution in [2.75, 3.05) is 20.8 Å². The number of methoxy groups -OCH3 is 2. The maximum absolute atomic E-state index is 13.1. The van der Waals surface area contributed by atoms with Crippen LogP contribution in [0.5, 0.6) is 11.5 Å². The van der Waals surface area contributed by atoms with E-state index in [4.69, 9.17) is 25.5 Å². The molecular weight excluding hydrogens is 446 g/mol. The molecule has 0 bridgehead atoms. The van der Waals surface area contributed by atoms with Gasteiger partial charge in [-0.1, -0.05) is 29.8 Å². The number of furan rings is 1. The van der Waals surface area contributed by atoms with Crippen LogP contribution in [0, 0.1) is 0 Å². The van der Waals surface area contributed by atoms with E-state index < -0.39 is 23.5 Å². The van der Waals surface area contributed by atoms with Crippen LogP contribution in [0.25, 0.3) is 0 Å². The lowest BCUT2D eigenvalue weighted by Gasteiger charge is -2.27. The van der Waals surface area contributed by atoms with Gasteiger partial charge in [-0.05, 0) is 53.9 Å². The molecule has 1 N–H and O–H groups in total. The first-order chi connectivity index (χ1) is 15.9. The third kappa shape index (κ3) is 4.32. The highest BCUT2D eigenvalue weighted by molar-refractivity contribution is 6.30. The summed E-state index contributed by atoms with van der Waals surface area (Å²) in [6.45, 7) is 0.251. The van der Waals surface area contributed by atoms with Crippen LogP contribution in [-0.4, -0.2) is 42.5 Å². The van der Waals surface area contributed by atoms with Gasteiger partial charge in [0, 0.05) is 11.6 Å². The molecule has 1 atom stereocenters. The molecule has 7 nitrogen and oxygen atoms in total. The van der Waals surface area contributed by atoms with E-state index in [0.29, 0.717) is 28.5 Å². The van der Waals surface area contributed by atoms with Gasteiger partial charge in [-0.3, -0.25) is 9.59 Å². The Morgan fingerprint density at radius 2 is 1.82 bits per heavy atom. The van der Waals surface area contributed by atoms with Crippen molar-refractivity contribution in [3.63, 3.8) is 0 Å². The zero-order valence-electron chi connectivity index (χ0n) is 18.1. The molecule has 1 aromatic heterocycles. The van der Waals surface area contributed by atoms with Crippen LogP contribution in [0.2, 0.25) is 5.02 Å². The lowest BCUT2D eigenvalue weighted by molar-refractivity contribution is -0.129. The fourth-order valence-corrected chi connectivity index (χ4v) is 4.06. The van der Waals surface area contributed by atoms with Gasteiger partial charge in [0.25, 0.3) is 5.91 Å². The molecule has 33 heavy (non-hydrogen) atoms. The fraction of sp³-hybridized carbons (Fsp3) is 0.200. The second-order valence-electron chi connectivity index (χ2n) is 7.46. The number of halogens is 1. The number of carbonyl (C=O) groups excluding carboxylic acids is 2.